The first kappa shape index (κ1) is 16.6. The number of nitrogens with one attached hydrogen (secondary N) is 2. The van der Waals surface area contributed by atoms with Crippen molar-refractivity contribution in [3.05, 3.63) is 24.3 Å². The van der Waals surface area contributed by atoms with E-state index in [1.165, 1.54) is 0 Å². The molecule has 0 saturated carbocycles. The highest BCUT2D eigenvalue weighted by Crippen LogP contribution is 2.14. The van der Waals surface area contributed by atoms with Crippen molar-refractivity contribution < 1.29 is 19.5 Å². The maximum absolute atomic E-state index is 11.6. The summed E-state index contributed by atoms with van der Waals surface area (Å²) in [6.07, 6.45) is -0.436. The summed E-state index contributed by atoms with van der Waals surface area (Å²) in [5.41, 5.74) is 6.53. The summed E-state index contributed by atoms with van der Waals surface area (Å²) in [4.78, 5) is 33.6. The number of carbonyl (C=O) groups is 3. The second-order valence-electron chi connectivity index (χ2n) is 4.91. The van der Waals surface area contributed by atoms with Crippen LogP contribution in [-0.4, -0.2) is 28.9 Å². The van der Waals surface area contributed by atoms with E-state index in [4.69, 9.17) is 10.8 Å². The highest BCUT2D eigenvalue weighted by Gasteiger charge is 2.17. The van der Waals surface area contributed by atoms with E-state index in [-0.39, 0.29) is 11.8 Å². The lowest BCUT2D eigenvalue weighted by atomic mass is 10.2. The minimum atomic E-state index is -1.13. The number of hydrogen-bond acceptors (Lipinski definition) is 4. The van der Waals surface area contributed by atoms with Crippen LogP contribution in [0, 0.1) is 5.92 Å². The molecule has 0 bridgehead atoms. The third kappa shape index (κ3) is 5.62. The van der Waals surface area contributed by atoms with Gasteiger partial charge in [0.2, 0.25) is 11.8 Å². The lowest BCUT2D eigenvalue weighted by molar-refractivity contribution is -0.138. The zero-order valence-corrected chi connectivity index (χ0v) is 11.9. The zero-order valence-electron chi connectivity index (χ0n) is 11.9. The summed E-state index contributed by atoms with van der Waals surface area (Å²) < 4.78 is 0. The van der Waals surface area contributed by atoms with Gasteiger partial charge in [0.15, 0.2) is 0 Å². The number of carboxylic acids is 1. The van der Waals surface area contributed by atoms with Crippen molar-refractivity contribution in [3.63, 3.8) is 0 Å². The number of benzene rings is 1. The predicted octanol–water partition coefficient (Wildman–Crippen LogP) is 1.02. The molecule has 1 aromatic rings. The standard InChI is InChI=1S/C14H19N3O4/c1-8(2)13(20)16-9-3-5-10(6-4-9)17-14(21)11(15)7-12(18)19/h3-6,8,11H,7,15H2,1-2H3,(H,16,20)(H,17,21)(H,18,19). The first-order valence-corrected chi connectivity index (χ1v) is 6.48. The van der Waals surface area contributed by atoms with Gasteiger partial charge in [0.05, 0.1) is 12.5 Å². The number of aliphatic carboxylic acids is 1. The van der Waals surface area contributed by atoms with Crippen molar-refractivity contribution in [1.29, 1.82) is 0 Å². The fourth-order valence-electron chi connectivity index (χ4n) is 1.44. The fourth-order valence-corrected chi connectivity index (χ4v) is 1.44. The van der Waals surface area contributed by atoms with Crippen molar-refractivity contribution in [2.75, 3.05) is 10.6 Å². The van der Waals surface area contributed by atoms with Gasteiger partial charge in [-0.05, 0) is 24.3 Å². The van der Waals surface area contributed by atoms with Crippen molar-refractivity contribution in [2.45, 2.75) is 26.3 Å². The van der Waals surface area contributed by atoms with Gasteiger partial charge in [-0.1, -0.05) is 13.8 Å². The van der Waals surface area contributed by atoms with E-state index < -0.39 is 24.3 Å². The number of carboxylic acid groups (broad SMARTS) is 1. The van der Waals surface area contributed by atoms with Crippen molar-refractivity contribution in [3.8, 4) is 0 Å². The third-order valence-corrected chi connectivity index (χ3v) is 2.68. The monoisotopic (exact) mass is 293 g/mol. The molecule has 1 rings (SSSR count). The minimum Gasteiger partial charge on any atom is -0.481 e. The van der Waals surface area contributed by atoms with E-state index in [1.54, 1.807) is 38.1 Å². The molecule has 0 aliphatic heterocycles. The van der Waals surface area contributed by atoms with Gasteiger partial charge in [-0.25, -0.2) is 0 Å². The average Bonchev–Trinajstić information content (AvgIpc) is 2.39. The topological polar surface area (TPSA) is 122 Å². The molecule has 7 heteroatoms. The Morgan fingerprint density at radius 2 is 1.48 bits per heavy atom. The van der Waals surface area contributed by atoms with E-state index in [2.05, 4.69) is 10.6 Å². The highest BCUT2D eigenvalue weighted by atomic mass is 16.4. The van der Waals surface area contributed by atoms with Crippen LogP contribution in [0.25, 0.3) is 0 Å². The number of carbonyl (C=O) groups excluding carboxylic acids is 2. The van der Waals surface area contributed by atoms with E-state index in [1.807, 2.05) is 0 Å². The normalized spacial score (nSPS) is 11.8. The van der Waals surface area contributed by atoms with Crippen molar-refractivity contribution in [2.24, 2.45) is 11.7 Å². The van der Waals surface area contributed by atoms with Crippen LogP contribution in [0.15, 0.2) is 24.3 Å². The lowest BCUT2D eigenvalue weighted by Gasteiger charge is -2.11. The van der Waals surface area contributed by atoms with Crippen molar-refractivity contribution in [1.82, 2.24) is 0 Å². The van der Waals surface area contributed by atoms with Crippen LogP contribution in [0.5, 0.6) is 0 Å². The first-order chi connectivity index (χ1) is 9.79. The molecule has 5 N–H and O–H groups in total. The molecule has 2 amide bonds. The summed E-state index contributed by atoms with van der Waals surface area (Å²) in [7, 11) is 0. The van der Waals surface area contributed by atoms with E-state index in [0.29, 0.717) is 11.4 Å². The van der Waals surface area contributed by atoms with Crippen LogP contribution in [0.1, 0.15) is 20.3 Å². The van der Waals surface area contributed by atoms with Gasteiger partial charge >= 0.3 is 5.97 Å². The van der Waals surface area contributed by atoms with Gasteiger partial charge in [-0.2, -0.15) is 0 Å². The summed E-state index contributed by atoms with van der Waals surface area (Å²) in [6.45, 7) is 3.57. The van der Waals surface area contributed by atoms with Gasteiger partial charge in [0.1, 0.15) is 0 Å². The molecule has 0 aliphatic rings. The molecule has 114 valence electrons. The molecular weight excluding hydrogens is 274 g/mol. The molecule has 0 aliphatic carbocycles. The molecular formula is C14H19N3O4. The van der Waals surface area contributed by atoms with Crippen molar-refractivity contribution >= 4 is 29.2 Å². The summed E-state index contributed by atoms with van der Waals surface area (Å²) in [5, 5.41) is 13.8. The van der Waals surface area contributed by atoms with Gasteiger partial charge in [0, 0.05) is 17.3 Å². The third-order valence-electron chi connectivity index (χ3n) is 2.68. The number of amides is 2. The number of anilines is 2. The van der Waals surface area contributed by atoms with E-state index >= 15 is 0 Å². The van der Waals surface area contributed by atoms with E-state index in [0.717, 1.165) is 0 Å². The molecule has 1 unspecified atom stereocenters. The molecule has 0 heterocycles. The Bertz CT molecular complexity index is 526. The predicted molar refractivity (Wildman–Crippen MR) is 78.8 cm³/mol. The molecule has 1 atom stereocenters. The first-order valence-electron chi connectivity index (χ1n) is 6.48. The van der Waals surface area contributed by atoms with Crippen LogP contribution in [0.2, 0.25) is 0 Å². The zero-order chi connectivity index (χ0) is 16.0. The summed E-state index contributed by atoms with van der Waals surface area (Å²) in [6, 6.07) is 5.36. The number of hydrogen-bond donors (Lipinski definition) is 4. The summed E-state index contributed by atoms with van der Waals surface area (Å²) >= 11 is 0. The largest absolute Gasteiger partial charge is 0.481 e. The lowest BCUT2D eigenvalue weighted by Crippen LogP contribution is -2.37. The smallest absolute Gasteiger partial charge is 0.305 e. The van der Waals surface area contributed by atoms with Crippen LogP contribution in [-0.2, 0) is 14.4 Å². The van der Waals surface area contributed by atoms with Gasteiger partial charge in [-0.3, -0.25) is 14.4 Å². The minimum absolute atomic E-state index is 0.102. The second kappa shape index (κ2) is 7.39. The maximum atomic E-state index is 11.6. The Hall–Kier alpha value is -2.41. The second-order valence-corrected chi connectivity index (χ2v) is 4.91. The molecule has 0 spiro atoms. The Balaban J connectivity index is 2.60. The Morgan fingerprint density at radius 3 is 1.86 bits per heavy atom. The van der Waals surface area contributed by atoms with Gasteiger partial charge in [0.25, 0.3) is 0 Å². The number of rotatable bonds is 6. The average molecular weight is 293 g/mol. The molecule has 1 aromatic carbocycles. The molecule has 0 aromatic heterocycles. The van der Waals surface area contributed by atoms with Gasteiger partial charge in [-0.15, -0.1) is 0 Å². The molecule has 0 fully saturated rings. The quantitative estimate of drug-likeness (QED) is 0.624. The molecule has 21 heavy (non-hydrogen) atoms. The van der Waals surface area contributed by atoms with E-state index in [9.17, 15) is 14.4 Å². The van der Waals surface area contributed by atoms with Crippen LogP contribution >= 0.6 is 0 Å². The highest BCUT2D eigenvalue weighted by molar-refractivity contribution is 5.97. The van der Waals surface area contributed by atoms with Crippen LogP contribution in [0.3, 0.4) is 0 Å². The Morgan fingerprint density at radius 1 is 1.05 bits per heavy atom. The van der Waals surface area contributed by atoms with Crippen LogP contribution < -0.4 is 16.4 Å². The molecule has 0 radical (unpaired) electrons. The Kier molecular flexibility index (Phi) is 5.86. The summed E-state index contributed by atoms with van der Waals surface area (Å²) in [5.74, 6) is -1.94. The molecule has 0 saturated heterocycles. The maximum Gasteiger partial charge on any atom is 0.305 e. The Labute approximate surface area is 122 Å². The number of nitrogens with two attached hydrogens (primary N) is 1. The van der Waals surface area contributed by atoms with Crippen LogP contribution in [0.4, 0.5) is 11.4 Å². The SMILES string of the molecule is CC(C)C(=O)Nc1ccc(NC(=O)C(N)CC(=O)O)cc1. The molecule has 7 nitrogen and oxygen atoms in total. The fraction of sp³-hybridized carbons (Fsp3) is 0.357. The van der Waals surface area contributed by atoms with Gasteiger partial charge < -0.3 is 21.5 Å².